The van der Waals surface area contributed by atoms with Crippen LogP contribution in [-0.4, -0.2) is 34.9 Å². The fourth-order valence-electron chi connectivity index (χ4n) is 6.66. The number of carbonyl (C=O) groups excluding carboxylic acids is 1. The van der Waals surface area contributed by atoms with Crippen molar-refractivity contribution >= 4 is 5.91 Å². The van der Waals surface area contributed by atoms with Gasteiger partial charge in [0.1, 0.15) is 0 Å². The van der Waals surface area contributed by atoms with Gasteiger partial charge in [-0.2, -0.15) is 0 Å². The Morgan fingerprint density at radius 2 is 0.830 bits per heavy atom. The van der Waals surface area contributed by atoms with Gasteiger partial charge in [0.2, 0.25) is 5.91 Å². The second-order valence-corrected chi connectivity index (χ2v) is 15.4. The Labute approximate surface area is 330 Å². The van der Waals surface area contributed by atoms with Gasteiger partial charge in [0.25, 0.3) is 0 Å². The first-order valence-electron chi connectivity index (χ1n) is 23.0. The minimum absolute atomic E-state index is 0.0945. The molecule has 2 atom stereocenters. The molecule has 0 rings (SSSR count). The molecular formula is C49H89NO3. The molecule has 0 aromatic rings. The summed E-state index contributed by atoms with van der Waals surface area (Å²) in [5, 5.41) is 22.9. The van der Waals surface area contributed by atoms with Crippen LogP contribution in [0.1, 0.15) is 226 Å². The fraction of sp³-hybridized carbons (Fsp3) is 0.776. The minimum Gasteiger partial charge on any atom is -0.394 e. The molecule has 2 unspecified atom stereocenters. The van der Waals surface area contributed by atoms with Crippen molar-refractivity contribution < 1.29 is 15.0 Å². The van der Waals surface area contributed by atoms with Gasteiger partial charge in [0.15, 0.2) is 0 Å². The average molecular weight is 740 g/mol. The number of allylic oxidation sites excluding steroid dienone is 9. The van der Waals surface area contributed by atoms with E-state index in [4.69, 9.17) is 0 Å². The number of rotatable bonds is 41. The molecule has 0 saturated carbocycles. The van der Waals surface area contributed by atoms with E-state index >= 15 is 0 Å². The normalized spacial score (nSPS) is 13.5. The van der Waals surface area contributed by atoms with Crippen LogP contribution in [0.5, 0.6) is 0 Å². The summed E-state index contributed by atoms with van der Waals surface area (Å²) in [6, 6.07) is -0.654. The lowest BCUT2D eigenvalue weighted by atomic mass is 10.0. The SMILES string of the molecule is CCC/C=C\C/C=C\CCCCCCCC(=O)NC(CO)C(O)/C=C/CC/C=C/CC/C=C/CCCCCCCCCCCCCCCCCCCC. The van der Waals surface area contributed by atoms with E-state index < -0.39 is 12.1 Å². The first-order chi connectivity index (χ1) is 26.2. The highest BCUT2D eigenvalue weighted by molar-refractivity contribution is 5.76. The maximum Gasteiger partial charge on any atom is 0.220 e. The van der Waals surface area contributed by atoms with Crippen molar-refractivity contribution in [2.24, 2.45) is 0 Å². The third-order valence-electron chi connectivity index (χ3n) is 10.2. The smallest absolute Gasteiger partial charge is 0.220 e. The first kappa shape index (κ1) is 51.1. The lowest BCUT2D eigenvalue weighted by molar-refractivity contribution is -0.123. The lowest BCUT2D eigenvalue weighted by Crippen LogP contribution is -2.45. The average Bonchev–Trinajstić information content (AvgIpc) is 3.16. The van der Waals surface area contributed by atoms with Gasteiger partial charge >= 0.3 is 0 Å². The zero-order valence-corrected chi connectivity index (χ0v) is 35.3. The Morgan fingerprint density at radius 1 is 0.453 bits per heavy atom. The third-order valence-corrected chi connectivity index (χ3v) is 10.2. The van der Waals surface area contributed by atoms with E-state index in [1.54, 1.807) is 6.08 Å². The molecule has 0 aliphatic carbocycles. The predicted molar refractivity (Wildman–Crippen MR) is 234 cm³/mol. The molecule has 53 heavy (non-hydrogen) atoms. The van der Waals surface area contributed by atoms with Gasteiger partial charge in [-0.3, -0.25) is 4.79 Å². The van der Waals surface area contributed by atoms with E-state index in [2.05, 4.69) is 67.8 Å². The van der Waals surface area contributed by atoms with Gasteiger partial charge in [-0.15, -0.1) is 0 Å². The summed E-state index contributed by atoms with van der Waals surface area (Å²) in [5.74, 6) is -0.0945. The molecule has 0 bridgehead atoms. The molecule has 4 nitrogen and oxygen atoms in total. The number of aliphatic hydroxyl groups is 2. The molecule has 0 saturated heterocycles. The molecule has 0 radical (unpaired) electrons. The molecule has 0 aliphatic rings. The highest BCUT2D eigenvalue weighted by Crippen LogP contribution is 2.15. The summed E-state index contributed by atoms with van der Waals surface area (Å²) in [6.45, 7) is 4.22. The number of hydrogen-bond donors (Lipinski definition) is 3. The van der Waals surface area contributed by atoms with Crippen LogP contribution in [0.25, 0.3) is 0 Å². The second-order valence-electron chi connectivity index (χ2n) is 15.4. The number of amides is 1. The van der Waals surface area contributed by atoms with E-state index in [1.807, 2.05) is 6.08 Å². The predicted octanol–water partition coefficient (Wildman–Crippen LogP) is 14.5. The van der Waals surface area contributed by atoms with Crippen LogP contribution >= 0.6 is 0 Å². The van der Waals surface area contributed by atoms with Crippen molar-refractivity contribution in [3.63, 3.8) is 0 Å². The van der Waals surface area contributed by atoms with E-state index in [0.29, 0.717) is 6.42 Å². The highest BCUT2D eigenvalue weighted by Gasteiger charge is 2.17. The number of nitrogens with one attached hydrogen (secondary N) is 1. The maximum atomic E-state index is 12.3. The Balaban J connectivity index is 3.60. The van der Waals surface area contributed by atoms with Crippen molar-refractivity contribution in [3.05, 3.63) is 60.8 Å². The monoisotopic (exact) mass is 740 g/mol. The largest absolute Gasteiger partial charge is 0.394 e. The highest BCUT2D eigenvalue weighted by atomic mass is 16.3. The first-order valence-corrected chi connectivity index (χ1v) is 23.0. The summed E-state index contributed by atoms with van der Waals surface area (Å²) >= 11 is 0. The van der Waals surface area contributed by atoms with Gasteiger partial charge in [0.05, 0.1) is 18.8 Å². The summed E-state index contributed by atoms with van der Waals surface area (Å²) in [5.41, 5.74) is 0. The Hall–Kier alpha value is -1.91. The topological polar surface area (TPSA) is 69.6 Å². The van der Waals surface area contributed by atoms with E-state index in [1.165, 1.54) is 148 Å². The van der Waals surface area contributed by atoms with Crippen LogP contribution in [-0.2, 0) is 4.79 Å². The Morgan fingerprint density at radius 3 is 1.28 bits per heavy atom. The number of unbranched alkanes of at least 4 members (excludes halogenated alkanes) is 26. The molecular weight excluding hydrogens is 651 g/mol. The van der Waals surface area contributed by atoms with E-state index in [0.717, 1.165) is 57.8 Å². The summed E-state index contributed by atoms with van der Waals surface area (Å²) in [7, 11) is 0. The van der Waals surface area contributed by atoms with E-state index in [9.17, 15) is 15.0 Å². The molecule has 308 valence electrons. The van der Waals surface area contributed by atoms with Crippen molar-refractivity contribution in [3.8, 4) is 0 Å². The van der Waals surface area contributed by atoms with Crippen LogP contribution in [0.3, 0.4) is 0 Å². The third kappa shape index (κ3) is 41.1. The molecule has 0 heterocycles. The van der Waals surface area contributed by atoms with Crippen LogP contribution in [0, 0.1) is 0 Å². The molecule has 0 aromatic carbocycles. The van der Waals surface area contributed by atoms with Gasteiger partial charge < -0.3 is 15.5 Å². The van der Waals surface area contributed by atoms with Crippen molar-refractivity contribution in [1.29, 1.82) is 0 Å². The lowest BCUT2D eigenvalue weighted by Gasteiger charge is -2.19. The van der Waals surface area contributed by atoms with Gasteiger partial charge in [-0.25, -0.2) is 0 Å². The second kappa shape index (κ2) is 44.5. The molecule has 0 aliphatic heterocycles. The minimum atomic E-state index is -0.877. The van der Waals surface area contributed by atoms with Crippen LogP contribution < -0.4 is 5.32 Å². The van der Waals surface area contributed by atoms with Crippen LogP contribution in [0.2, 0.25) is 0 Å². The van der Waals surface area contributed by atoms with Crippen molar-refractivity contribution in [1.82, 2.24) is 5.32 Å². The zero-order chi connectivity index (χ0) is 38.6. The molecule has 0 spiro atoms. The van der Waals surface area contributed by atoms with Crippen LogP contribution in [0.15, 0.2) is 60.8 Å². The number of aliphatic hydroxyl groups excluding tert-OH is 2. The fourth-order valence-corrected chi connectivity index (χ4v) is 6.66. The van der Waals surface area contributed by atoms with Gasteiger partial charge in [0, 0.05) is 6.42 Å². The van der Waals surface area contributed by atoms with Crippen LogP contribution in [0.4, 0.5) is 0 Å². The molecule has 1 amide bonds. The Bertz CT molecular complexity index is 888. The number of carbonyl (C=O) groups is 1. The van der Waals surface area contributed by atoms with Crippen molar-refractivity contribution in [2.75, 3.05) is 6.61 Å². The standard InChI is InChI=1S/C49H89NO3/c1-3-5-7-9-11-13-15-17-18-19-20-21-22-23-24-25-26-27-28-29-30-31-33-34-36-38-40-42-44-48(52)47(46-51)50-49(53)45-43-41-39-37-35-32-16-14-12-10-8-6-4-2/h8,10,14,16,29-30,34,36,42,44,47-48,51-52H,3-7,9,11-13,15,17-28,31-33,35,37-41,43,45-46H2,1-2H3,(H,50,53)/b10-8-,16-14-,30-29+,36-34+,44-42+. The quantitative estimate of drug-likeness (QED) is 0.0432. The van der Waals surface area contributed by atoms with Gasteiger partial charge in [-0.05, 0) is 70.6 Å². The number of hydrogen-bond acceptors (Lipinski definition) is 3. The Kier molecular flexibility index (Phi) is 42.9. The summed E-state index contributed by atoms with van der Waals surface area (Å²) < 4.78 is 0. The summed E-state index contributed by atoms with van der Waals surface area (Å²) in [4.78, 5) is 12.3. The molecule has 3 N–H and O–H groups in total. The maximum absolute atomic E-state index is 12.3. The van der Waals surface area contributed by atoms with Gasteiger partial charge in [-0.1, -0.05) is 209 Å². The van der Waals surface area contributed by atoms with Crippen molar-refractivity contribution in [2.45, 2.75) is 238 Å². The molecule has 0 fully saturated rings. The molecule has 0 aromatic heterocycles. The zero-order valence-electron chi connectivity index (χ0n) is 35.3. The summed E-state index contributed by atoms with van der Waals surface area (Å²) in [6.07, 6.45) is 62.1. The molecule has 4 heteroatoms. The van der Waals surface area contributed by atoms with E-state index in [-0.39, 0.29) is 12.5 Å².